The molecule has 0 amide bonds. The molecule has 1 aromatic heterocycles. The molecule has 0 saturated carbocycles. The normalized spacial score (nSPS) is 27.7. The molecule has 0 aliphatic carbocycles. The predicted octanol–water partition coefficient (Wildman–Crippen LogP) is -0.0544. The van der Waals surface area contributed by atoms with E-state index in [0.717, 1.165) is 16.9 Å². The summed E-state index contributed by atoms with van der Waals surface area (Å²) in [4.78, 5) is 5.00. The summed E-state index contributed by atoms with van der Waals surface area (Å²) in [6, 6.07) is 6.42. The van der Waals surface area contributed by atoms with E-state index in [9.17, 15) is 28.8 Å². The van der Waals surface area contributed by atoms with Crippen LogP contribution >= 0.6 is 11.3 Å². The largest absolute Gasteiger partial charge is 0.394 e. The first-order chi connectivity index (χ1) is 13.6. The third-order valence-corrected chi connectivity index (χ3v) is 7.40. The Bertz CT molecular complexity index is 944. The van der Waals surface area contributed by atoms with E-state index in [0.29, 0.717) is 10.6 Å². The van der Waals surface area contributed by atoms with E-state index in [1.165, 1.54) is 12.1 Å². The maximum Gasteiger partial charge on any atom is 0.263 e. The average Bonchev–Trinajstić information content (AvgIpc) is 3.00. The first kappa shape index (κ1) is 22.1. The summed E-state index contributed by atoms with van der Waals surface area (Å²) in [5.74, 6) is 0. The van der Waals surface area contributed by atoms with Crippen molar-refractivity contribution < 1.29 is 33.6 Å². The molecule has 1 aromatic carbocycles. The van der Waals surface area contributed by atoms with Gasteiger partial charge < -0.3 is 25.2 Å². The van der Waals surface area contributed by atoms with E-state index < -0.39 is 47.2 Å². The predicted molar refractivity (Wildman–Crippen MR) is 106 cm³/mol. The van der Waals surface area contributed by atoms with Gasteiger partial charge in [-0.2, -0.15) is 0 Å². The number of rotatable bonds is 6. The Morgan fingerprint density at radius 1 is 1.07 bits per heavy atom. The summed E-state index contributed by atoms with van der Waals surface area (Å²) in [5, 5.41) is 39.5. The molecular weight excluding hydrogens is 420 g/mol. The molecule has 2 heterocycles. The highest BCUT2D eigenvalue weighted by atomic mass is 32.2. The number of hydrogen-bond acceptors (Lipinski definition) is 9. The van der Waals surface area contributed by atoms with Crippen molar-refractivity contribution in [3.8, 4) is 0 Å². The molecule has 29 heavy (non-hydrogen) atoms. The van der Waals surface area contributed by atoms with Gasteiger partial charge in [0.2, 0.25) is 0 Å². The van der Waals surface area contributed by atoms with Gasteiger partial charge in [0.1, 0.15) is 24.4 Å². The second-order valence-electron chi connectivity index (χ2n) is 7.02. The minimum absolute atomic E-state index is 0.117. The summed E-state index contributed by atoms with van der Waals surface area (Å²) in [7, 11) is -3.79. The molecular formula is C18H24N2O7S2. The van der Waals surface area contributed by atoms with Crippen LogP contribution in [0.3, 0.4) is 0 Å². The van der Waals surface area contributed by atoms with Gasteiger partial charge >= 0.3 is 0 Å². The highest BCUT2D eigenvalue weighted by Gasteiger charge is 2.43. The standard InChI is InChI=1S/C18H24N2O7S2/c1-9-3-5-11(6-4-9)29(25,26)20-18-19-10(2)14(28-18)7-12-15(22)17(24)16(23)13(8-21)27-12/h3-6,12-13,15-17,21-24H,7-8H2,1-2H3,(H,19,20)/t12-,13+,15-,16-,17+/m0/s1. The Kier molecular flexibility index (Phi) is 6.58. The number of hydrogen-bond donors (Lipinski definition) is 5. The fourth-order valence-corrected chi connectivity index (χ4v) is 5.32. The third-order valence-electron chi connectivity index (χ3n) is 4.82. The Morgan fingerprint density at radius 2 is 1.69 bits per heavy atom. The molecule has 160 valence electrons. The Hall–Kier alpha value is -1.60. The fourth-order valence-electron chi connectivity index (χ4n) is 3.08. The molecule has 2 aromatic rings. The lowest BCUT2D eigenvalue weighted by Crippen LogP contribution is -2.58. The zero-order valence-electron chi connectivity index (χ0n) is 15.9. The highest BCUT2D eigenvalue weighted by molar-refractivity contribution is 7.93. The molecule has 1 aliphatic rings. The number of benzene rings is 1. The number of nitrogens with one attached hydrogen (secondary N) is 1. The summed E-state index contributed by atoms with van der Waals surface area (Å²) >= 11 is 1.09. The second kappa shape index (κ2) is 8.64. The quantitative estimate of drug-likeness (QED) is 0.416. The average molecular weight is 445 g/mol. The number of sulfonamides is 1. The van der Waals surface area contributed by atoms with E-state index in [2.05, 4.69) is 9.71 Å². The lowest BCUT2D eigenvalue weighted by molar-refractivity contribution is -0.228. The van der Waals surface area contributed by atoms with Gasteiger partial charge in [-0.15, -0.1) is 11.3 Å². The van der Waals surface area contributed by atoms with Crippen molar-refractivity contribution in [2.75, 3.05) is 11.3 Å². The maximum absolute atomic E-state index is 12.5. The first-order valence-corrected chi connectivity index (χ1v) is 11.3. The van der Waals surface area contributed by atoms with Crippen molar-refractivity contribution in [2.24, 2.45) is 0 Å². The van der Waals surface area contributed by atoms with Gasteiger partial charge in [0, 0.05) is 11.3 Å². The van der Waals surface area contributed by atoms with Gasteiger partial charge in [-0.3, -0.25) is 4.72 Å². The molecule has 5 N–H and O–H groups in total. The van der Waals surface area contributed by atoms with Crippen molar-refractivity contribution >= 4 is 26.5 Å². The van der Waals surface area contributed by atoms with Crippen LogP contribution in [0.4, 0.5) is 5.13 Å². The maximum atomic E-state index is 12.5. The van der Waals surface area contributed by atoms with E-state index in [1.807, 2.05) is 6.92 Å². The Morgan fingerprint density at radius 3 is 2.31 bits per heavy atom. The van der Waals surface area contributed by atoms with Crippen molar-refractivity contribution in [3.63, 3.8) is 0 Å². The second-order valence-corrected chi connectivity index (χ2v) is 9.78. The first-order valence-electron chi connectivity index (χ1n) is 8.98. The fraction of sp³-hybridized carbons (Fsp3) is 0.500. The van der Waals surface area contributed by atoms with Crippen LogP contribution in [0.15, 0.2) is 29.2 Å². The number of aliphatic hydroxyl groups is 4. The number of thiazole rings is 1. The summed E-state index contributed by atoms with van der Waals surface area (Å²) < 4.78 is 33.0. The van der Waals surface area contributed by atoms with Crippen molar-refractivity contribution in [1.29, 1.82) is 0 Å². The number of ether oxygens (including phenoxy) is 1. The molecule has 0 unspecified atom stereocenters. The van der Waals surface area contributed by atoms with E-state index in [4.69, 9.17) is 4.74 Å². The van der Waals surface area contributed by atoms with Gasteiger partial charge in [0.15, 0.2) is 5.13 Å². The van der Waals surface area contributed by atoms with Gasteiger partial charge in [-0.05, 0) is 26.0 Å². The molecule has 1 aliphatic heterocycles. The minimum atomic E-state index is -3.79. The van der Waals surface area contributed by atoms with E-state index >= 15 is 0 Å². The van der Waals surface area contributed by atoms with Crippen molar-refractivity contribution in [3.05, 3.63) is 40.4 Å². The molecule has 5 atom stereocenters. The molecule has 11 heteroatoms. The zero-order valence-corrected chi connectivity index (χ0v) is 17.5. The molecule has 0 spiro atoms. The van der Waals surface area contributed by atoms with Crippen LogP contribution in [0.2, 0.25) is 0 Å². The highest BCUT2D eigenvalue weighted by Crippen LogP contribution is 2.30. The molecule has 9 nitrogen and oxygen atoms in total. The molecule has 1 fully saturated rings. The van der Waals surface area contributed by atoms with Gasteiger partial charge in [-0.1, -0.05) is 17.7 Å². The lowest BCUT2D eigenvalue weighted by Gasteiger charge is -2.40. The number of nitrogens with zero attached hydrogens (tertiary/aromatic N) is 1. The van der Waals surface area contributed by atoms with Crippen LogP contribution < -0.4 is 4.72 Å². The van der Waals surface area contributed by atoms with Crippen LogP contribution in [0.25, 0.3) is 0 Å². The molecule has 0 radical (unpaired) electrons. The van der Waals surface area contributed by atoms with Crippen molar-refractivity contribution in [1.82, 2.24) is 4.98 Å². The summed E-state index contributed by atoms with van der Waals surface area (Å²) in [6.45, 7) is 3.05. The van der Waals surface area contributed by atoms with Crippen LogP contribution in [-0.2, 0) is 21.2 Å². The zero-order chi connectivity index (χ0) is 21.3. The summed E-state index contributed by atoms with van der Waals surface area (Å²) in [6.07, 6.45) is -5.99. The van der Waals surface area contributed by atoms with Crippen LogP contribution in [-0.4, -0.2) is 71.0 Å². The molecule has 3 rings (SSSR count). The number of aromatic nitrogens is 1. The van der Waals surface area contributed by atoms with Gasteiger partial charge in [0.05, 0.1) is 23.3 Å². The lowest BCUT2D eigenvalue weighted by atomic mass is 9.93. The van der Waals surface area contributed by atoms with E-state index in [1.54, 1.807) is 19.1 Å². The third kappa shape index (κ3) is 4.77. The van der Waals surface area contributed by atoms with Crippen LogP contribution in [0.1, 0.15) is 16.1 Å². The Balaban J connectivity index is 1.76. The SMILES string of the molecule is Cc1ccc(S(=O)(=O)Nc2nc(C)c(C[C@@H]3O[C@H](CO)[C@H](O)[C@H](O)[C@H]3O)s2)cc1. The molecule has 0 bridgehead atoms. The Labute approximate surface area is 172 Å². The van der Waals surface area contributed by atoms with Crippen molar-refractivity contribution in [2.45, 2.75) is 55.7 Å². The monoisotopic (exact) mass is 444 g/mol. The number of aryl methyl sites for hydroxylation is 2. The van der Waals surface area contributed by atoms with Gasteiger partial charge in [0.25, 0.3) is 10.0 Å². The van der Waals surface area contributed by atoms with Crippen LogP contribution in [0.5, 0.6) is 0 Å². The number of aliphatic hydroxyl groups excluding tert-OH is 4. The number of anilines is 1. The van der Waals surface area contributed by atoms with Gasteiger partial charge in [-0.25, -0.2) is 13.4 Å². The molecule has 1 saturated heterocycles. The van der Waals surface area contributed by atoms with Crippen LogP contribution in [0, 0.1) is 13.8 Å². The smallest absolute Gasteiger partial charge is 0.263 e. The summed E-state index contributed by atoms with van der Waals surface area (Å²) in [5.41, 5.74) is 1.49. The minimum Gasteiger partial charge on any atom is -0.394 e. The topological polar surface area (TPSA) is 149 Å². The van der Waals surface area contributed by atoms with E-state index in [-0.39, 0.29) is 16.4 Å².